The first-order valence-corrected chi connectivity index (χ1v) is 9.76. The van der Waals surface area contributed by atoms with Crippen LogP contribution in [0.25, 0.3) is 0 Å². The molecule has 2 heterocycles. The fourth-order valence-corrected chi connectivity index (χ4v) is 3.68. The van der Waals surface area contributed by atoms with E-state index in [1.807, 2.05) is 22.9 Å². The van der Waals surface area contributed by atoms with Gasteiger partial charge in [0.1, 0.15) is 0 Å². The second-order valence-electron chi connectivity index (χ2n) is 6.90. The molecule has 0 saturated carbocycles. The fourth-order valence-electron chi connectivity index (χ4n) is 3.68. The molecule has 0 amide bonds. The first-order chi connectivity index (χ1) is 14.2. The zero-order valence-corrected chi connectivity index (χ0v) is 17.5. The number of nitrogens with zero attached hydrogens (tertiary/aromatic N) is 6. The average Bonchev–Trinajstić information content (AvgIpc) is 3.21. The summed E-state index contributed by atoms with van der Waals surface area (Å²) in [6.45, 7) is 9.64. The number of piperazine rings is 1. The van der Waals surface area contributed by atoms with Crippen LogP contribution in [-0.2, 0) is 11.3 Å². The van der Waals surface area contributed by atoms with Gasteiger partial charge in [0.25, 0.3) is 0 Å². The number of hydrogen-bond acceptors (Lipinski definition) is 8. The normalized spacial score (nSPS) is 16.5. The van der Waals surface area contributed by atoms with Crippen molar-refractivity contribution in [2.75, 3.05) is 60.7 Å². The molecule has 1 aliphatic heterocycles. The minimum absolute atomic E-state index is 0.0902. The first kappa shape index (κ1) is 21.2. The van der Waals surface area contributed by atoms with E-state index in [0.717, 1.165) is 44.1 Å². The maximum atomic E-state index is 5.53. The van der Waals surface area contributed by atoms with Crippen molar-refractivity contribution in [1.82, 2.24) is 30.0 Å². The number of ether oxygens (including phenoxy) is 3. The van der Waals surface area contributed by atoms with Crippen LogP contribution in [0, 0.1) is 0 Å². The molecule has 0 radical (unpaired) electrons. The molecule has 0 bridgehead atoms. The molecule has 0 spiro atoms. The van der Waals surface area contributed by atoms with E-state index in [1.54, 1.807) is 21.3 Å². The summed E-state index contributed by atoms with van der Waals surface area (Å²) in [5, 5.41) is 12.5. The number of hydrogen-bond donors (Lipinski definition) is 0. The first-order valence-electron chi connectivity index (χ1n) is 9.76. The highest BCUT2D eigenvalue weighted by molar-refractivity contribution is 5.45. The van der Waals surface area contributed by atoms with Crippen LogP contribution in [0.1, 0.15) is 17.4 Å². The minimum atomic E-state index is -0.0902. The van der Waals surface area contributed by atoms with Gasteiger partial charge in [0, 0.05) is 39.8 Å². The Labute approximate surface area is 171 Å². The number of methoxy groups -OCH3 is 3. The second-order valence-corrected chi connectivity index (χ2v) is 6.90. The van der Waals surface area contributed by atoms with E-state index < -0.39 is 0 Å². The molecule has 1 atom stereocenters. The molecule has 1 fully saturated rings. The lowest BCUT2D eigenvalue weighted by atomic mass is 10.0. The van der Waals surface area contributed by atoms with Gasteiger partial charge in [0.05, 0.1) is 33.4 Å². The lowest BCUT2D eigenvalue weighted by Crippen LogP contribution is -2.48. The average molecular weight is 402 g/mol. The predicted octanol–water partition coefficient (Wildman–Crippen LogP) is 1.23. The standard InChI is InChI=1S/C20H30N6O3/c1-5-8-24-9-11-25(12-10-24)19(20-21-22-23-26(20)13-14-27-2)16-6-7-17(28-3)18(15-16)29-4/h5-7,15,19H,1,8-14H2,2-4H3/t19-/m1/s1. The lowest BCUT2D eigenvalue weighted by molar-refractivity contribution is 0.110. The summed E-state index contributed by atoms with van der Waals surface area (Å²) in [6, 6.07) is 5.90. The van der Waals surface area contributed by atoms with Crippen LogP contribution in [0.3, 0.4) is 0 Å². The monoisotopic (exact) mass is 402 g/mol. The minimum Gasteiger partial charge on any atom is -0.493 e. The Morgan fingerprint density at radius 2 is 1.86 bits per heavy atom. The molecule has 0 N–H and O–H groups in total. The van der Waals surface area contributed by atoms with Crippen molar-refractivity contribution < 1.29 is 14.2 Å². The van der Waals surface area contributed by atoms with Gasteiger partial charge in [0.2, 0.25) is 0 Å². The van der Waals surface area contributed by atoms with Crippen molar-refractivity contribution in [1.29, 1.82) is 0 Å². The van der Waals surface area contributed by atoms with Gasteiger partial charge in [0.15, 0.2) is 17.3 Å². The Balaban J connectivity index is 1.94. The predicted molar refractivity (Wildman–Crippen MR) is 109 cm³/mol. The van der Waals surface area contributed by atoms with Crippen molar-refractivity contribution in [2.24, 2.45) is 0 Å². The molecule has 1 saturated heterocycles. The molecular formula is C20H30N6O3. The zero-order valence-electron chi connectivity index (χ0n) is 17.5. The maximum absolute atomic E-state index is 5.53. The number of rotatable bonds is 10. The van der Waals surface area contributed by atoms with E-state index in [0.29, 0.717) is 24.7 Å². The van der Waals surface area contributed by atoms with Crippen LogP contribution in [0.2, 0.25) is 0 Å². The highest BCUT2D eigenvalue weighted by atomic mass is 16.5. The molecule has 158 valence electrons. The molecule has 1 aromatic carbocycles. The van der Waals surface area contributed by atoms with Gasteiger partial charge in [-0.3, -0.25) is 9.80 Å². The molecule has 9 nitrogen and oxygen atoms in total. The largest absolute Gasteiger partial charge is 0.493 e. The van der Waals surface area contributed by atoms with E-state index in [4.69, 9.17) is 14.2 Å². The molecule has 0 aliphatic carbocycles. The van der Waals surface area contributed by atoms with Crippen LogP contribution in [0.15, 0.2) is 30.9 Å². The van der Waals surface area contributed by atoms with Crippen LogP contribution in [0.4, 0.5) is 0 Å². The van der Waals surface area contributed by atoms with Crippen molar-refractivity contribution in [3.63, 3.8) is 0 Å². The molecule has 0 unspecified atom stereocenters. The lowest BCUT2D eigenvalue weighted by Gasteiger charge is -2.38. The third-order valence-electron chi connectivity index (χ3n) is 5.19. The van der Waals surface area contributed by atoms with Gasteiger partial charge < -0.3 is 14.2 Å². The van der Waals surface area contributed by atoms with Gasteiger partial charge in [-0.25, -0.2) is 4.68 Å². The molecule has 1 aliphatic rings. The van der Waals surface area contributed by atoms with Crippen LogP contribution < -0.4 is 9.47 Å². The molecule has 3 rings (SSSR count). The summed E-state index contributed by atoms with van der Waals surface area (Å²) >= 11 is 0. The van der Waals surface area contributed by atoms with E-state index in [9.17, 15) is 0 Å². The number of benzene rings is 1. The van der Waals surface area contributed by atoms with Crippen LogP contribution in [-0.4, -0.2) is 90.7 Å². The van der Waals surface area contributed by atoms with E-state index in [-0.39, 0.29) is 6.04 Å². The van der Waals surface area contributed by atoms with Gasteiger partial charge in [-0.2, -0.15) is 0 Å². The Morgan fingerprint density at radius 1 is 1.10 bits per heavy atom. The summed E-state index contributed by atoms with van der Waals surface area (Å²) in [4.78, 5) is 4.80. The Hall–Kier alpha value is -2.49. The third kappa shape index (κ3) is 4.92. The summed E-state index contributed by atoms with van der Waals surface area (Å²) < 4.78 is 18.0. The summed E-state index contributed by atoms with van der Waals surface area (Å²) in [6.07, 6.45) is 1.95. The van der Waals surface area contributed by atoms with Gasteiger partial charge >= 0.3 is 0 Å². The van der Waals surface area contributed by atoms with Crippen molar-refractivity contribution in [3.8, 4) is 11.5 Å². The van der Waals surface area contributed by atoms with E-state index >= 15 is 0 Å². The molecular weight excluding hydrogens is 372 g/mol. The summed E-state index contributed by atoms with van der Waals surface area (Å²) in [7, 11) is 4.96. The zero-order chi connectivity index (χ0) is 20.6. The van der Waals surface area contributed by atoms with Gasteiger partial charge in [-0.05, 0) is 28.1 Å². The highest BCUT2D eigenvalue weighted by Crippen LogP contribution is 2.34. The van der Waals surface area contributed by atoms with Crippen molar-refractivity contribution in [2.45, 2.75) is 12.6 Å². The Kier molecular flexibility index (Phi) is 7.56. The SMILES string of the molecule is C=CCN1CCN([C@H](c2ccc(OC)c(OC)c2)c2nnnn2CCOC)CC1. The summed E-state index contributed by atoms with van der Waals surface area (Å²) in [5.74, 6) is 2.19. The van der Waals surface area contributed by atoms with E-state index in [2.05, 4.69) is 38.0 Å². The highest BCUT2D eigenvalue weighted by Gasteiger charge is 2.31. The van der Waals surface area contributed by atoms with Crippen LogP contribution >= 0.6 is 0 Å². The fraction of sp³-hybridized carbons (Fsp3) is 0.550. The molecule has 1 aromatic heterocycles. The second kappa shape index (κ2) is 10.3. The summed E-state index contributed by atoms with van der Waals surface area (Å²) in [5.41, 5.74) is 1.06. The quantitative estimate of drug-likeness (QED) is 0.549. The van der Waals surface area contributed by atoms with Crippen molar-refractivity contribution >= 4 is 0 Å². The Morgan fingerprint density at radius 3 is 2.52 bits per heavy atom. The number of aromatic nitrogens is 4. The molecule has 29 heavy (non-hydrogen) atoms. The third-order valence-corrected chi connectivity index (χ3v) is 5.19. The van der Waals surface area contributed by atoms with Crippen molar-refractivity contribution in [3.05, 3.63) is 42.2 Å². The number of tetrazole rings is 1. The smallest absolute Gasteiger partial charge is 0.173 e. The topological polar surface area (TPSA) is 77.8 Å². The maximum Gasteiger partial charge on any atom is 0.173 e. The van der Waals surface area contributed by atoms with Gasteiger partial charge in [-0.1, -0.05) is 12.1 Å². The van der Waals surface area contributed by atoms with Gasteiger partial charge in [-0.15, -0.1) is 11.7 Å². The van der Waals surface area contributed by atoms with E-state index in [1.165, 1.54) is 0 Å². The Bertz CT molecular complexity index is 788. The molecule has 9 heteroatoms. The van der Waals surface area contributed by atoms with Crippen LogP contribution in [0.5, 0.6) is 11.5 Å². The molecule has 2 aromatic rings.